The van der Waals surface area contributed by atoms with Crippen molar-refractivity contribution in [2.75, 3.05) is 6.54 Å². The standard InChI is InChI=1S/C13H11F3N2O2/c14-13(15,16)11(4-17)7-18-5-9-2-1-8(12(19)20)3-10(9)6-18/h1-3,11H,5-7H2,(H,19,20). The van der Waals surface area contributed by atoms with Crippen LogP contribution in [0.3, 0.4) is 0 Å². The Labute approximate surface area is 113 Å². The molecule has 1 unspecified atom stereocenters. The van der Waals surface area contributed by atoms with Gasteiger partial charge in [0.15, 0.2) is 5.92 Å². The number of alkyl halides is 3. The fourth-order valence-corrected chi connectivity index (χ4v) is 2.20. The third-order valence-corrected chi connectivity index (χ3v) is 3.23. The number of fused-ring (bicyclic) bond motifs is 1. The van der Waals surface area contributed by atoms with Crippen molar-refractivity contribution in [1.82, 2.24) is 4.90 Å². The number of benzene rings is 1. The van der Waals surface area contributed by atoms with Crippen LogP contribution in [-0.2, 0) is 13.1 Å². The smallest absolute Gasteiger partial charge is 0.405 e. The van der Waals surface area contributed by atoms with Gasteiger partial charge in [0.05, 0.1) is 11.6 Å². The summed E-state index contributed by atoms with van der Waals surface area (Å²) in [6.45, 7) is 0.116. The van der Waals surface area contributed by atoms with Gasteiger partial charge in [-0.05, 0) is 23.3 Å². The summed E-state index contributed by atoms with van der Waals surface area (Å²) in [4.78, 5) is 12.3. The van der Waals surface area contributed by atoms with Crippen molar-refractivity contribution in [3.63, 3.8) is 0 Å². The van der Waals surface area contributed by atoms with Crippen LogP contribution in [0.4, 0.5) is 13.2 Å². The van der Waals surface area contributed by atoms with E-state index in [1.54, 1.807) is 6.07 Å². The lowest BCUT2D eigenvalue weighted by molar-refractivity contribution is -0.163. The van der Waals surface area contributed by atoms with Crippen LogP contribution < -0.4 is 0 Å². The third kappa shape index (κ3) is 2.91. The average molecular weight is 284 g/mol. The van der Waals surface area contributed by atoms with E-state index in [4.69, 9.17) is 10.4 Å². The number of hydrogen-bond donors (Lipinski definition) is 1. The van der Waals surface area contributed by atoms with Crippen LogP contribution >= 0.6 is 0 Å². The number of nitrogens with zero attached hydrogens (tertiary/aromatic N) is 2. The third-order valence-electron chi connectivity index (χ3n) is 3.23. The molecule has 2 rings (SSSR count). The molecule has 1 aromatic carbocycles. The predicted molar refractivity (Wildman–Crippen MR) is 62.7 cm³/mol. The van der Waals surface area contributed by atoms with Crippen LogP contribution in [0.5, 0.6) is 0 Å². The Balaban J connectivity index is 2.10. The highest BCUT2D eigenvalue weighted by atomic mass is 19.4. The molecule has 1 atom stereocenters. The highest BCUT2D eigenvalue weighted by Crippen LogP contribution is 2.30. The van der Waals surface area contributed by atoms with Crippen molar-refractivity contribution in [3.05, 3.63) is 34.9 Å². The fourth-order valence-electron chi connectivity index (χ4n) is 2.20. The van der Waals surface area contributed by atoms with E-state index in [0.29, 0.717) is 12.1 Å². The number of carbonyl (C=O) groups is 1. The minimum absolute atomic E-state index is 0.109. The predicted octanol–water partition coefficient (Wildman–Crippen LogP) is 2.40. The first-order valence-corrected chi connectivity index (χ1v) is 5.85. The molecule has 1 N–H and O–H groups in total. The maximum Gasteiger partial charge on any atom is 0.405 e. The van der Waals surface area contributed by atoms with E-state index in [-0.39, 0.29) is 12.1 Å². The second-order valence-electron chi connectivity index (χ2n) is 4.68. The first-order valence-electron chi connectivity index (χ1n) is 5.85. The second-order valence-corrected chi connectivity index (χ2v) is 4.68. The molecule has 1 heterocycles. The van der Waals surface area contributed by atoms with Crippen LogP contribution in [0.15, 0.2) is 18.2 Å². The SMILES string of the molecule is N#CC(CN1Cc2ccc(C(=O)O)cc2C1)C(F)(F)F. The molecule has 0 amide bonds. The van der Waals surface area contributed by atoms with Crippen LogP contribution in [0.1, 0.15) is 21.5 Å². The molecule has 0 aliphatic carbocycles. The molecule has 0 radical (unpaired) electrons. The Bertz CT molecular complexity index is 578. The van der Waals surface area contributed by atoms with Gasteiger partial charge in [-0.15, -0.1) is 0 Å². The highest BCUT2D eigenvalue weighted by molar-refractivity contribution is 5.87. The molecule has 1 aliphatic rings. The Morgan fingerprint density at radius 1 is 1.40 bits per heavy atom. The lowest BCUT2D eigenvalue weighted by atomic mass is 10.1. The number of rotatable bonds is 3. The first-order chi connectivity index (χ1) is 9.31. The fraction of sp³-hybridized carbons (Fsp3) is 0.385. The highest BCUT2D eigenvalue weighted by Gasteiger charge is 2.41. The van der Waals surface area contributed by atoms with Crippen molar-refractivity contribution in [3.8, 4) is 6.07 Å². The molecule has 106 valence electrons. The van der Waals surface area contributed by atoms with E-state index < -0.39 is 24.6 Å². The Morgan fingerprint density at radius 2 is 2.05 bits per heavy atom. The Kier molecular flexibility index (Phi) is 3.68. The molecular formula is C13H11F3N2O2. The van der Waals surface area contributed by atoms with Crippen molar-refractivity contribution in [1.29, 1.82) is 5.26 Å². The number of carboxylic acids is 1. The molecule has 7 heteroatoms. The van der Waals surface area contributed by atoms with Gasteiger partial charge in [-0.1, -0.05) is 6.07 Å². The van der Waals surface area contributed by atoms with Crippen molar-refractivity contribution < 1.29 is 23.1 Å². The van der Waals surface area contributed by atoms with E-state index in [1.165, 1.54) is 23.1 Å². The van der Waals surface area contributed by atoms with E-state index in [0.717, 1.165) is 5.56 Å². The molecule has 1 aromatic rings. The molecule has 0 fully saturated rings. The number of aromatic carboxylic acids is 1. The molecular weight excluding hydrogens is 273 g/mol. The zero-order valence-corrected chi connectivity index (χ0v) is 10.3. The summed E-state index contributed by atoms with van der Waals surface area (Å²) in [6.07, 6.45) is -4.55. The van der Waals surface area contributed by atoms with Gasteiger partial charge in [-0.2, -0.15) is 18.4 Å². The summed E-state index contributed by atoms with van der Waals surface area (Å²) in [5.41, 5.74) is 1.61. The number of nitriles is 1. The van der Waals surface area contributed by atoms with Crippen LogP contribution in [-0.4, -0.2) is 28.7 Å². The van der Waals surface area contributed by atoms with Crippen molar-refractivity contribution in [2.45, 2.75) is 19.3 Å². The minimum atomic E-state index is -4.55. The Hall–Kier alpha value is -2.07. The van der Waals surface area contributed by atoms with Gasteiger partial charge in [0.2, 0.25) is 0 Å². The number of halogens is 3. The van der Waals surface area contributed by atoms with Gasteiger partial charge in [0, 0.05) is 19.6 Å². The maximum absolute atomic E-state index is 12.5. The molecule has 0 saturated carbocycles. The van der Waals surface area contributed by atoms with Gasteiger partial charge >= 0.3 is 12.1 Å². The molecule has 1 aliphatic heterocycles. The zero-order chi connectivity index (χ0) is 14.9. The summed E-state index contributed by atoms with van der Waals surface area (Å²) in [6, 6.07) is 5.76. The van der Waals surface area contributed by atoms with Gasteiger partial charge < -0.3 is 5.11 Å². The summed E-state index contributed by atoms with van der Waals surface area (Å²) in [5.74, 6) is -3.10. The van der Waals surface area contributed by atoms with E-state index in [2.05, 4.69) is 0 Å². The minimum Gasteiger partial charge on any atom is -0.478 e. The lowest BCUT2D eigenvalue weighted by Gasteiger charge is -2.20. The van der Waals surface area contributed by atoms with E-state index in [1.807, 2.05) is 0 Å². The number of carboxylic acid groups (broad SMARTS) is 1. The lowest BCUT2D eigenvalue weighted by Crippen LogP contribution is -2.33. The molecule has 4 nitrogen and oxygen atoms in total. The van der Waals surface area contributed by atoms with Gasteiger partial charge in [0.25, 0.3) is 0 Å². The van der Waals surface area contributed by atoms with Crippen molar-refractivity contribution in [2.24, 2.45) is 5.92 Å². The molecule has 0 bridgehead atoms. The Morgan fingerprint density at radius 3 is 2.60 bits per heavy atom. The summed E-state index contributed by atoms with van der Waals surface area (Å²) in [5, 5.41) is 17.4. The quantitative estimate of drug-likeness (QED) is 0.925. The average Bonchev–Trinajstić information content (AvgIpc) is 2.75. The second kappa shape index (κ2) is 5.13. The van der Waals surface area contributed by atoms with E-state index >= 15 is 0 Å². The van der Waals surface area contributed by atoms with Gasteiger partial charge in [-0.25, -0.2) is 4.79 Å². The monoisotopic (exact) mass is 284 g/mol. The first kappa shape index (κ1) is 14.3. The van der Waals surface area contributed by atoms with Crippen molar-refractivity contribution >= 4 is 5.97 Å². The zero-order valence-electron chi connectivity index (χ0n) is 10.3. The maximum atomic E-state index is 12.5. The summed E-state index contributed by atoms with van der Waals surface area (Å²) in [7, 11) is 0. The van der Waals surface area contributed by atoms with Gasteiger partial charge in [-0.3, -0.25) is 4.90 Å². The summed E-state index contributed by atoms with van der Waals surface area (Å²) < 4.78 is 37.6. The molecule has 0 saturated heterocycles. The largest absolute Gasteiger partial charge is 0.478 e. The van der Waals surface area contributed by atoms with E-state index in [9.17, 15) is 18.0 Å². The van der Waals surface area contributed by atoms with Crippen LogP contribution in [0.25, 0.3) is 0 Å². The van der Waals surface area contributed by atoms with Crippen LogP contribution in [0, 0.1) is 17.2 Å². The van der Waals surface area contributed by atoms with Crippen LogP contribution in [0.2, 0.25) is 0 Å². The molecule has 0 spiro atoms. The topological polar surface area (TPSA) is 64.3 Å². The molecule has 0 aromatic heterocycles. The summed E-state index contributed by atoms with van der Waals surface area (Å²) >= 11 is 0. The normalized spacial score (nSPS) is 16.5. The number of hydrogen-bond acceptors (Lipinski definition) is 3. The molecule has 20 heavy (non-hydrogen) atoms. The van der Waals surface area contributed by atoms with Gasteiger partial charge in [0.1, 0.15) is 0 Å².